The maximum atomic E-state index is 5.75. The average molecular weight is 518 g/mol. The van der Waals surface area contributed by atoms with Crippen LogP contribution in [-0.4, -0.2) is 24.1 Å². The van der Waals surface area contributed by atoms with E-state index in [0.717, 1.165) is 41.5 Å². The first-order valence-electron chi connectivity index (χ1n) is 10.0. The molecule has 1 atom stereocenters. The average Bonchev–Trinajstić information content (AvgIpc) is 3.22. The SMILES string of the molecule is CCNC(=NCc1coc(-c2ccc(C)cc2)n1)NC1CCOc2ccccc21.I. The predicted molar refractivity (Wildman–Crippen MR) is 129 cm³/mol. The van der Waals surface area contributed by atoms with Gasteiger partial charge in [-0.15, -0.1) is 24.0 Å². The van der Waals surface area contributed by atoms with Gasteiger partial charge in [0.25, 0.3) is 0 Å². The Hall–Kier alpha value is -2.55. The maximum Gasteiger partial charge on any atom is 0.226 e. The molecule has 0 aliphatic carbocycles. The van der Waals surface area contributed by atoms with Gasteiger partial charge in [0.15, 0.2) is 5.96 Å². The fraction of sp³-hybridized carbons (Fsp3) is 0.304. The number of para-hydroxylation sites is 1. The van der Waals surface area contributed by atoms with E-state index in [9.17, 15) is 0 Å². The number of aliphatic imine (C=N–C) groups is 1. The van der Waals surface area contributed by atoms with Crippen molar-refractivity contribution in [3.8, 4) is 17.2 Å². The van der Waals surface area contributed by atoms with Crippen LogP contribution in [0, 0.1) is 6.92 Å². The molecule has 0 saturated heterocycles. The van der Waals surface area contributed by atoms with Crippen molar-refractivity contribution in [1.82, 2.24) is 15.6 Å². The number of ether oxygens (including phenoxy) is 1. The minimum absolute atomic E-state index is 0. The summed E-state index contributed by atoms with van der Waals surface area (Å²) in [6, 6.07) is 16.4. The fourth-order valence-electron chi connectivity index (χ4n) is 3.35. The highest BCUT2D eigenvalue weighted by Crippen LogP contribution is 2.31. The van der Waals surface area contributed by atoms with Crippen molar-refractivity contribution >= 4 is 29.9 Å². The van der Waals surface area contributed by atoms with Gasteiger partial charge in [-0.2, -0.15) is 0 Å². The van der Waals surface area contributed by atoms with E-state index in [1.807, 2.05) is 30.3 Å². The van der Waals surface area contributed by atoms with Crippen LogP contribution < -0.4 is 15.4 Å². The third kappa shape index (κ3) is 5.33. The summed E-state index contributed by atoms with van der Waals surface area (Å²) in [5.41, 5.74) is 4.13. The Balaban J connectivity index is 0.00000256. The Morgan fingerprint density at radius 3 is 2.77 bits per heavy atom. The second kappa shape index (κ2) is 10.5. The minimum Gasteiger partial charge on any atom is -0.493 e. The Morgan fingerprint density at radius 1 is 1.17 bits per heavy atom. The molecule has 0 saturated carbocycles. The summed E-state index contributed by atoms with van der Waals surface area (Å²) in [5.74, 6) is 2.31. The third-order valence-corrected chi connectivity index (χ3v) is 4.86. The zero-order valence-corrected chi connectivity index (χ0v) is 19.6. The van der Waals surface area contributed by atoms with Gasteiger partial charge in [0, 0.05) is 24.1 Å². The first-order chi connectivity index (χ1) is 14.2. The molecule has 0 spiro atoms. The lowest BCUT2D eigenvalue weighted by Gasteiger charge is -2.28. The summed E-state index contributed by atoms with van der Waals surface area (Å²) < 4.78 is 11.4. The van der Waals surface area contributed by atoms with Crippen molar-refractivity contribution < 1.29 is 9.15 Å². The molecule has 3 aromatic rings. The summed E-state index contributed by atoms with van der Waals surface area (Å²) in [5, 5.41) is 6.84. The van der Waals surface area contributed by atoms with Crippen molar-refractivity contribution in [3.05, 3.63) is 71.6 Å². The molecular weight excluding hydrogens is 491 g/mol. The smallest absolute Gasteiger partial charge is 0.226 e. The molecule has 7 heteroatoms. The van der Waals surface area contributed by atoms with E-state index in [1.165, 1.54) is 5.56 Å². The van der Waals surface area contributed by atoms with Gasteiger partial charge in [-0.05, 0) is 32.0 Å². The van der Waals surface area contributed by atoms with E-state index < -0.39 is 0 Å². The topological polar surface area (TPSA) is 71.7 Å². The molecular formula is C23H27IN4O2. The lowest BCUT2D eigenvalue weighted by Crippen LogP contribution is -2.41. The van der Waals surface area contributed by atoms with Crippen LogP contribution in [-0.2, 0) is 6.54 Å². The van der Waals surface area contributed by atoms with Crippen LogP contribution in [0.2, 0.25) is 0 Å². The number of fused-ring (bicyclic) bond motifs is 1. The first-order valence-corrected chi connectivity index (χ1v) is 10.0. The third-order valence-electron chi connectivity index (χ3n) is 4.86. The van der Waals surface area contributed by atoms with Gasteiger partial charge < -0.3 is 19.8 Å². The van der Waals surface area contributed by atoms with Gasteiger partial charge in [-0.25, -0.2) is 9.98 Å². The van der Waals surface area contributed by atoms with E-state index in [1.54, 1.807) is 6.26 Å². The van der Waals surface area contributed by atoms with Gasteiger partial charge in [0.05, 0.1) is 19.2 Å². The minimum atomic E-state index is 0. The van der Waals surface area contributed by atoms with E-state index in [0.29, 0.717) is 19.0 Å². The fourth-order valence-corrected chi connectivity index (χ4v) is 3.35. The summed E-state index contributed by atoms with van der Waals surface area (Å²) >= 11 is 0. The lowest BCUT2D eigenvalue weighted by atomic mass is 10.0. The number of hydrogen-bond donors (Lipinski definition) is 2. The summed E-state index contributed by atoms with van der Waals surface area (Å²) in [6.45, 7) is 6.03. The van der Waals surface area contributed by atoms with Crippen LogP contribution in [0.1, 0.15) is 36.2 Å². The Kier molecular flexibility index (Phi) is 7.73. The molecule has 0 amide bonds. The number of oxazole rings is 1. The molecule has 2 heterocycles. The number of nitrogens with zero attached hydrogens (tertiary/aromatic N) is 2. The van der Waals surface area contributed by atoms with Crippen molar-refractivity contribution in [2.45, 2.75) is 32.9 Å². The van der Waals surface area contributed by atoms with E-state index >= 15 is 0 Å². The van der Waals surface area contributed by atoms with Crippen molar-refractivity contribution in [2.75, 3.05) is 13.2 Å². The first kappa shape index (κ1) is 22.1. The highest BCUT2D eigenvalue weighted by molar-refractivity contribution is 14.0. The summed E-state index contributed by atoms with van der Waals surface area (Å²) in [6.07, 6.45) is 2.56. The number of halogens is 1. The Labute approximate surface area is 194 Å². The number of benzene rings is 2. The van der Waals surface area contributed by atoms with Gasteiger partial charge in [0.1, 0.15) is 17.7 Å². The molecule has 4 rings (SSSR count). The monoisotopic (exact) mass is 518 g/mol. The van der Waals surface area contributed by atoms with Crippen molar-refractivity contribution in [1.29, 1.82) is 0 Å². The van der Waals surface area contributed by atoms with Crippen molar-refractivity contribution in [2.24, 2.45) is 4.99 Å². The van der Waals surface area contributed by atoms with E-state index in [4.69, 9.17) is 14.1 Å². The number of guanidine groups is 1. The molecule has 1 aromatic heterocycles. The second-order valence-corrected chi connectivity index (χ2v) is 7.08. The molecule has 2 N–H and O–H groups in total. The Bertz CT molecular complexity index is 985. The number of rotatable bonds is 5. The highest BCUT2D eigenvalue weighted by atomic mass is 127. The molecule has 0 fully saturated rings. The molecule has 0 radical (unpaired) electrons. The maximum absolute atomic E-state index is 5.75. The molecule has 158 valence electrons. The zero-order valence-electron chi connectivity index (χ0n) is 17.2. The Morgan fingerprint density at radius 2 is 1.97 bits per heavy atom. The lowest BCUT2D eigenvalue weighted by molar-refractivity contribution is 0.261. The van der Waals surface area contributed by atoms with Crippen LogP contribution >= 0.6 is 24.0 Å². The normalized spacial score (nSPS) is 15.5. The van der Waals surface area contributed by atoms with Crippen LogP contribution in [0.4, 0.5) is 0 Å². The van der Waals surface area contributed by atoms with Gasteiger partial charge in [-0.1, -0.05) is 35.9 Å². The molecule has 6 nitrogen and oxygen atoms in total. The highest BCUT2D eigenvalue weighted by Gasteiger charge is 2.21. The largest absolute Gasteiger partial charge is 0.493 e. The quantitative estimate of drug-likeness (QED) is 0.287. The zero-order chi connectivity index (χ0) is 20.1. The molecule has 30 heavy (non-hydrogen) atoms. The standard InChI is InChI=1S/C23H26N4O2.HI/c1-3-24-23(27-20-12-13-28-21-7-5-4-6-19(20)21)25-14-18-15-29-22(26-18)17-10-8-16(2)9-11-17;/h4-11,15,20H,3,12-14H2,1-2H3,(H2,24,25,27);1H. The predicted octanol–water partition coefficient (Wildman–Crippen LogP) is 4.85. The van der Waals surface area contributed by atoms with Gasteiger partial charge in [0.2, 0.25) is 5.89 Å². The summed E-state index contributed by atoms with van der Waals surface area (Å²) in [4.78, 5) is 9.28. The molecule has 1 aliphatic heterocycles. The van der Waals surface area contributed by atoms with Gasteiger partial charge >= 0.3 is 0 Å². The molecule has 2 aromatic carbocycles. The number of hydrogen-bond acceptors (Lipinski definition) is 4. The molecule has 1 aliphatic rings. The molecule has 0 bridgehead atoms. The van der Waals surface area contributed by atoms with Crippen LogP contribution in [0.15, 0.2) is 64.2 Å². The second-order valence-electron chi connectivity index (χ2n) is 7.08. The molecule has 1 unspecified atom stereocenters. The van der Waals surface area contributed by atoms with Crippen LogP contribution in [0.25, 0.3) is 11.5 Å². The number of nitrogens with one attached hydrogen (secondary N) is 2. The van der Waals surface area contributed by atoms with Gasteiger partial charge in [-0.3, -0.25) is 0 Å². The van der Waals surface area contributed by atoms with Crippen molar-refractivity contribution in [3.63, 3.8) is 0 Å². The summed E-state index contributed by atoms with van der Waals surface area (Å²) in [7, 11) is 0. The van der Waals surface area contributed by atoms with Crippen LogP contribution in [0.5, 0.6) is 5.75 Å². The number of aromatic nitrogens is 1. The van der Waals surface area contributed by atoms with E-state index in [2.05, 4.69) is 47.7 Å². The van der Waals surface area contributed by atoms with E-state index in [-0.39, 0.29) is 30.0 Å². The number of aryl methyl sites for hydroxylation is 1. The van der Waals surface area contributed by atoms with Crippen LogP contribution in [0.3, 0.4) is 0 Å².